The minimum atomic E-state index is -1.19. The van der Waals surface area contributed by atoms with E-state index in [-0.39, 0.29) is 35.0 Å². The number of nitrogens with two attached hydrogens (primary N) is 1. The van der Waals surface area contributed by atoms with Gasteiger partial charge in [0.2, 0.25) is 0 Å². The van der Waals surface area contributed by atoms with Crippen molar-refractivity contribution in [3.8, 4) is 11.5 Å². The van der Waals surface area contributed by atoms with E-state index in [1.807, 2.05) is 13.0 Å². The third-order valence-electron chi connectivity index (χ3n) is 5.64. The largest absolute Gasteiger partial charge is 0.508 e. The fourth-order valence-corrected chi connectivity index (χ4v) is 3.45. The highest BCUT2D eigenvalue weighted by Crippen LogP contribution is 2.37. The molecule has 0 saturated heterocycles. The van der Waals surface area contributed by atoms with E-state index in [1.54, 1.807) is 13.8 Å². The highest BCUT2D eigenvalue weighted by molar-refractivity contribution is 5.95. The van der Waals surface area contributed by atoms with Crippen LogP contribution < -0.4 is 10.5 Å². The molecule has 0 aliphatic rings. The van der Waals surface area contributed by atoms with Gasteiger partial charge in [-0.1, -0.05) is 56.9 Å². The molecule has 0 radical (unpaired) electrons. The Morgan fingerprint density at radius 1 is 1.15 bits per heavy atom. The Morgan fingerprint density at radius 2 is 1.82 bits per heavy atom. The lowest BCUT2D eigenvalue weighted by Gasteiger charge is -2.20. The summed E-state index contributed by atoms with van der Waals surface area (Å²) < 4.78 is 5.59. The van der Waals surface area contributed by atoms with Crippen molar-refractivity contribution in [2.75, 3.05) is 0 Å². The van der Waals surface area contributed by atoms with Gasteiger partial charge >= 0.3 is 11.9 Å². The number of phenols is 1. The average molecular weight is 460 g/mol. The molecule has 184 valence electrons. The van der Waals surface area contributed by atoms with Crippen LogP contribution in [0.15, 0.2) is 29.4 Å². The number of hydrogen-bond acceptors (Lipinski definition) is 5. The van der Waals surface area contributed by atoms with E-state index in [4.69, 9.17) is 10.5 Å². The highest BCUT2D eigenvalue weighted by Gasteiger charge is 2.28. The second-order valence-electron chi connectivity index (χ2n) is 9.27. The number of hydrogen-bond donors (Lipinski definition) is 3. The quantitative estimate of drug-likeness (QED) is 0.146. The predicted octanol–water partition coefficient (Wildman–Crippen LogP) is 5.95. The Hall–Kier alpha value is -2.60. The van der Waals surface area contributed by atoms with Crippen LogP contribution in [-0.2, 0) is 17.6 Å². The molecule has 33 heavy (non-hydrogen) atoms. The van der Waals surface area contributed by atoms with Gasteiger partial charge in [0.25, 0.3) is 0 Å². The summed E-state index contributed by atoms with van der Waals surface area (Å²) in [4.78, 5) is 24.9. The van der Waals surface area contributed by atoms with Crippen molar-refractivity contribution in [2.45, 2.75) is 92.5 Å². The number of phenolic OH excluding ortho intramolecular Hbond substituents is 1. The van der Waals surface area contributed by atoms with Crippen molar-refractivity contribution in [3.05, 3.63) is 46.1 Å². The van der Waals surface area contributed by atoms with Crippen molar-refractivity contribution < 1.29 is 24.5 Å². The molecule has 0 unspecified atom stereocenters. The second kappa shape index (κ2) is 13.8. The van der Waals surface area contributed by atoms with Gasteiger partial charge in [-0.15, -0.1) is 0 Å². The highest BCUT2D eigenvalue weighted by atomic mass is 16.5. The number of carboxylic acid groups (broad SMARTS) is 1. The molecule has 0 aromatic heterocycles. The van der Waals surface area contributed by atoms with Crippen molar-refractivity contribution in [2.24, 2.45) is 11.7 Å². The van der Waals surface area contributed by atoms with Crippen LogP contribution >= 0.6 is 0 Å². The summed E-state index contributed by atoms with van der Waals surface area (Å²) in [6.45, 7) is 11.7. The molecular formula is C27H41NO5. The van der Waals surface area contributed by atoms with Crippen LogP contribution in [0.4, 0.5) is 0 Å². The van der Waals surface area contributed by atoms with E-state index in [0.717, 1.165) is 37.7 Å². The molecule has 0 saturated carbocycles. The molecule has 0 fully saturated rings. The van der Waals surface area contributed by atoms with Crippen molar-refractivity contribution >= 4 is 11.9 Å². The maximum absolute atomic E-state index is 12.7. The Balaban J connectivity index is 3.45. The molecule has 0 bridgehead atoms. The van der Waals surface area contributed by atoms with E-state index in [2.05, 4.69) is 26.8 Å². The van der Waals surface area contributed by atoms with Crippen LogP contribution in [0, 0.1) is 5.92 Å². The topological polar surface area (TPSA) is 110 Å². The van der Waals surface area contributed by atoms with Gasteiger partial charge in [0, 0.05) is 5.56 Å². The standard InChI is InChI=1S/C27H41NO5/c1-7-8-9-13-20-16-22(29)21(15-14-19(6)12-10-11-17(2)3)25(23(20)26(30)31)33-27(32)24(28)18(4)5/h11,14,16,18,24,29H,7-10,12-13,15,28H2,1-6H3,(H,30,31)/t24-/m0/s1. The number of aromatic hydroxyl groups is 1. The number of benzene rings is 1. The number of carbonyl (C=O) groups is 2. The van der Waals surface area contributed by atoms with Gasteiger partial charge in [0.1, 0.15) is 17.4 Å². The van der Waals surface area contributed by atoms with Crippen LogP contribution in [0.1, 0.15) is 95.1 Å². The van der Waals surface area contributed by atoms with Gasteiger partial charge in [0.15, 0.2) is 5.75 Å². The van der Waals surface area contributed by atoms with E-state index in [1.165, 1.54) is 11.6 Å². The average Bonchev–Trinajstić information content (AvgIpc) is 2.72. The van der Waals surface area contributed by atoms with Crippen LogP contribution in [0.25, 0.3) is 0 Å². The number of ether oxygens (including phenoxy) is 1. The molecule has 1 atom stereocenters. The zero-order chi connectivity index (χ0) is 25.1. The predicted molar refractivity (Wildman–Crippen MR) is 133 cm³/mol. The SMILES string of the molecule is CCCCCc1cc(O)c(CC=C(C)CCC=C(C)C)c(OC(=O)[C@@H](N)C(C)C)c1C(=O)O. The van der Waals surface area contributed by atoms with E-state index >= 15 is 0 Å². The van der Waals surface area contributed by atoms with Gasteiger partial charge in [-0.25, -0.2) is 9.59 Å². The molecule has 6 nitrogen and oxygen atoms in total. The Bertz CT molecular complexity index is 879. The molecule has 6 heteroatoms. The van der Waals surface area contributed by atoms with Crippen molar-refractivity contribution in [1.29, 1.82) is 0 Å². The minimum Gasteiger partial charge on any atom is -0.508 e. The maximum Gasteiger partial charge on any atom is 0.339 e. The monoisotopic (exact) mass is 459 g/mol. The Kier molecular flexibility index (Phi) is 11.9. The fourth-order valence-electron chi connectivity index (χ4n) is 3.45. The first kappa shape index (κ1) is 28.4. The molecule has 4 N–H and O–H groups in total. The molecule has 1 aromatic carbocycles. The smallest absolute Gasteiger partial charge is 0.339 e. The van der Waals surface area contributed by atoms with E-state index < -0.39 is 18.0 Å². The molecule has 0 aliphatic heterocycles. The summed E-state index contributed by atoms with van der Waals surface area (Å²) in [6, 6.07) is 0.604. The summed E-state index contributed by atoms with van der Waals surface area (Å²) in [5.41, 5.74) is 8.99. The van der Waals surface area contributed by atoms with Crippen LogP contribution in [0.3, 0.4) is 0 Å². The minimum absolute atomic E-state index is 0.0687. The molecule has 0 heterocycles. The molecular weight excluding hydrogens is 418 g/mol. The number of esters is 1. The number of aromatic carboxylic acids is 1. The first-order chi connectivity index (χ1) is 15.5. The number of rotatable bonds is 13. The summed E-state index contributed by atoms with van der Waals surface area (Å²) >= 11 is 0. The second-order valence-corrected chi connectivity index (χ2v) is 9.27. The van der Waals surface area contributed by atoms with E-state index in [0.29, 0.717) is 12.0 Å². The maximum atomic E-state index is 12.7. The van der Waals surface area contributed by atoms with Gasteiger partial charge in [0.05, 0.1) is 0 Å². The zero-order valence-electron chi connectivity index (χ0n) is 21.0. The zero-order valence-corrected chi connectivity index (χ0v) is 21.0. The first-order valence-electron chi connectivity index (χ1n) is 11.9. The Morgan fingerprint density at radius 3 is 2.36 bits per heavy atom. The number of allylic oxidation sites excluding steroid dienone is 4. The van der Waals surface area contributed by atoms with Crippen LogP contribution in [-0.4, -0.2) is 28.2 Å². The number of aryl methyl sites for hydroxylation is 1. The van der Waals surface area contributed by atoms with Crippen molar-refractivity contribution in [3.63, 3.8) is 0 Å². The number of unbranched alkanes of at least 4 members (excludes halogenated alkanes) is 2. The fraction of sp³-hybridized carbons (Fsp3) is 0.556. The summed E-state index contributed by atoms with van der Waals surface area (Å²) in [5, 5.41) is 20.8. The lowest BCUT2D eigenvalue weighted by molar-refractivity contribution is -0.136. The first-order valence-corrected chi connectivity index (χ1v) is 11.9. The summed E-state index contributed by atoms with van der Waals surface area (Å²) in [6.07, 6.45) is 9.26. The van der Waals surface area contributed by atoms with Gasteiger partial charge < -0.3 is 20.7 Å². The van der Waals surface area contributed by atoms with Crippen LogP contribution in [0.5, 0.6) is 11.5 Å². The van der Waals surface area contributed by atoms with Gasteiger partial charge in [-0.2, -0.15) is 0 Å². The molecule has 0 aliphatic carbocycles. The lowest BCUT2D eigenvalue weighted by Crippen LogP contribution is -2.39. The van der Waals surface area contributed by atoms with Crippen molar-refractivity contribution in [1.82, 2.24) is 0 Å². The molecule has 0 amide bonds. The van der Waals surface area contributed by atoms with Gasteiger partial charge in [-0.05, 0) is 70.4 Å². The third kappa shape index (κ3) is 9.04. The van der Waals surface area contributed by atoms with Crippen LogP contribution in [0.2, 0.25) is 0 Å². The lowest BCUT2D eigenvalue weighted by atomic mass is 9.94. The molecule has 1 rings (SSSR count). The Labute approximate surface area is 198 Å². The summed E-state index contributed by atoms with van der Waals surface area (Å²) in [5.74, 6) is -2.23. The summed E-state index contributed by atoms with van der Waals surface area (Å²) in [7, 11) is 0. The third-order valence-corrected chi connectivity index (χ3v) is 5.64. The number of carbonyl (C=O) groups excluding carboxylic acids is 1. The molecule has 0 spiro atoms. The molecule has 1 aromatic rings. The normalized spacial score (nSPS) is 12.5. The van der Waals surface area contributed by atoms with Gasteiger partial charge in [-0.3, -0.25) is 0 Å². The van der Waals surface area contributed by atoms with E-state index in [9.17, 15) is 19.8 Å². The number of carboxylic acids is 1.